The molecule has 1 N–H and O–H groups in total. The Morgan fingerprint density at radius 1 is 1.10 bits per heavy atom. The van der Waals surface area contributed by atoms with Gasteiger partial charge in [0.15, 0.2) is 0 Å². The summed E-state index contributed by atoms with van der Waals surface area (Å²) in [6, 6.07) is 12.6. The topological polar surface area (TPSA) is 89.9 Å². The number of ether oxygens (including phenoxy) is 1. The van der Waals surface area contributed by atoms with Crippen LogP contribution in [0.2, 0.25) is 5.02 Å². The summed E-state index contributed by atoms with van der Waals surface area (Å²) in [7, 11) is 0.240. The van der Waals surface area contributed by atoms with Gasteiger partial charge in [-0.2, -0.15) is 0 Å². The van der Waals surface area contributed by atoms with Crippen LogP contribution in [0.5, 0.6) is 5.75 Å². The van der Waals surface area contributed by atoms with Gasteiger partial charge in [0.2, 0.25) is 0 Å². The van der Waals surface area contributed by atoms with Crippen molar-refractivity contribution < 1.29 is 22.8 Å². The molecule has 0 bridgehead atoms. The highest BCUT2D eigenvalue weighted by Gasteiger charge is 2.21. The molecule has 0 fully saturated rings. The van der Waals surface area contributed by atoms with E-state index >= 15 is 0 Å². The SMILES string of the molecule is COc1cc(-n2cccc2)c(Cl)cc1C(=O)Nc1ccc(S(=O)(=O)N(C)OC)cc1. The molecule has 0 radical (unpaired) electrons. The van der Waals surface area contributed by atoms with Crippen molar-refractivity contribution in [3.8, 4) is 11.4 Å². The Bertz CT molecular complexity index is 1150. The van der Waals surface area contributed by atoms with Gasteiger partial charge < -0.3 is 14.6 Å². The fraction of sp³-hybridized carbons (Fsp3) is 0.150. The highest BCUT2D eigenvalue weighted by Crippen LogP contribution is 2.30. The molecule has 0 unspecified atom stereocenters. The number of carbonyl (C=O) groups excluding carboxylic acids is 1. The van der Waals surface area contributed by atoms with Crippen molar-refractivity contribution in [2.45, 2.75) is 4.90 Å². The normalized spacial score (nSPS) is 11.5. The van der Waals surface area contributed by atoms with E-state index in [-0.39, 0.29) is 10.5 Å². The summed E-state index contributed by atoms with van der Waals surface area (Å²) in [6.07, 6.45) is 3.66. The third kappa shape index (κ3) is 4.34. The van der Waals surface area contributed by atoms with Crippen LogP contribution in [0.4, 0.5) is 5.69 Å². The number of rotatable bonds is 7. The van der Waals surface area contributed by atoms with Crippen molar-refractivity contribution in [1.29, 1.82) is 0 Å². The molecule has 8 nitrogen and oxygen atoms in total. The highest BCUT2D eigenvalue weighted by molar-refractivity contribution is 7.89. The molecule has 1 amide bonds. The smallest absolute Gasteiger partial charge is 0.264 e. The fourth-order valence-electron chi connectivity index (χ4n) is 2.74. The Morgan fingerprint density at radius 2 is 1.73 bits per heavy atom. The summed E-state index contributed by atoms with van der Waals surface area (Å²) in [5.41, 5.74) is 1.33. The van der Waals surface area contributed by atoms with Gasteiger partial charge in [-0.25, -0.2) is 8.42 Å². The number of anilines is 1. The molecule has 3 rings (SSSR count). The first-order valence-corrected chi connectivity index (χ1v) is 10.5. The molecule has 0 saturated carbocycles. The lowest BCUT2D eigenvalue weighted by atomic mass is 10.1. The van der Waals surface area contributed by atoms with Gasteiger partial charge in [0.1, 0.15) is 5.75 Å². The second-order valence-corrected chi connectivity index (χ2v) is 8.51. The number of nitrogens with zero attached hydrogens (tertiary/aromatic N) is 2. The molecule has 10 heteroatoms. The Labute approximate surface area is 179 Å². The van der Waals surface area contributed by atoms with Crippen molar-refractivity contribution in [3.05, 3.63) is 71.5 Å². The first-order valence-electron chi connectivity index (χ1n) is 8.73. The first-order chi connectivity index (χ1) is 14.3. The van der Waals surface area contributed by atoms with E-state index in [1.165, 1.54) is 51.6 Å². The van der Waals surface area contributed by atoms with Crippen molar-refractivity contribution in [2.75, 3.05) is 26.6 Å². The molecule has 2 aromatic carbocycles. The zero-order chi connectivity index (χ0) is 21.9. The molecule has 0 saturated heterocycles. The summed E-state index contributed by atoms with van der Waals surface area (Å²) in [6.45, 7) is 0. The third-order valence-electron chi connectivity index (χ3n) is 4.40. The second-order valence-electron chi connectivity index (χ2n) is 6.17. The van der Waals surface area contributed by atoms with Gasteiger partial charge in [-0.15, -0.1) is 0 Å². The predicted molar refractivity (Wildman–Crippen MR) is 114 cm³/mol. The average Bonchev–Trinajstić information content (AvgIpc) is 3.27. The molecule has 0 aliphatic carbocycles. The van der Waals surface area contributed by atoms with E-state index < -0.39 is 15.9 Å². The molecule has 0 spiro atoms. The number of amides is 1. The van der Waals surface area contributed by atoms with Crippen LogP contribution in [-0.4, -0.2) is 44.6 Å². The van der Waals surface area contributed by atoms with Crippen LogP contribution in [0.15, 0.2) is 65.8 Å². The van der Waals surface area contributed by atoms with E-state index in [1.807, 2.05) is 29.1 Å². The standard InChI is InChI=1S/C20H20ClN3O5S/c1-23(29-3)30(26,27)15-8-6-14(7-9-15)22-20(25)16-12-17(21)18(13-19(16)28-2)24-10-4-5-11-24/h4-13H,1-3H3,(H,22,25). The summed E-state index contributed by atoms with van der Waals surface area (Å²) >= 11 is 6.37. The maximum atomic E-state index is 12.8. The molecule has 30 heavy (non-hydrogen) atoms. The van der Waals surface area contributed by atoms with Crippen LogP contribution >= 0.6 is 11.6 Å². The summed E-state index contributed by atoms with van der Waals surface area (Å²) in [4.78, 5) is 17.5. The number of carbonyl (C=O) groups is 1. The number of hydrogen-bond donors (Lipinski definition) is 1. The van der Waals surface area contributed by atoms with Gasteiger partial charge in [-0.3, -0.25) is 9.63 Å². The molecular formula is C20H20ClN3O5S. The van der Waals surface area contributed by atoms with E-state index in [9.17, 15) is 13.2 Å². The Kier molecular flexibility index (Phi) is 6.47. The number of hydroxylamine groups is 1. The largest absolute Gasteiger partial charge is 0.496 e. The van der Waals surface area contributed by atoms with Crippen LogP contribution in [0.1, 0.15) is 10.4 Å². The molecule has 0 atom stereocenters. The number of hydrogen-bond acceptors (Lipinski definition) is 5. The lowest BCUT2D eigenvalue weighted by Crippen LogP contribution is -2.25. The Hall–Kier alpha value is -2.85. The summed E-state index contributed by atoms with van der Waals surface area (Å²) in [5, 5.41) is 3.09. The molecule has 0 aliphatic heterocycles. The molecule has 3 aromatic rings. The quantitative estimate of drug-likeness (QED) is 0.557. The number of nitrogens with one attached hydrogen (secondary N) is 1. The zero-order valence-corrected chi connectivity index (χ0v) is 18.1. The van der Waals surface area contributed by atoms with E-state index in [0.717, 1.165) is 4.47 Å². The molecule has 158 valence electrons. The maximum absolute atomic E-state index is 12.8. The molecule has 0 aliphatic rings. The minimum Gasteiger partial charge on any atom is -0.496 e. The lowest BCUT2D eigenvalue weighted by molar-refractivity contribution is -0.0258. The van der Waals surface area contributed by atoms with Crippen LogP contribution in [0, 0.1) is 0 Å². The van der Waals surface area contributed by atoms with Gasteiger partial charge in [0.25, 0.3) is 15.9 Å². The van der Waals surface area contributed by atoms with Crippen LogP contribution in [0.25, 0.3) is 5.69 Å². The molecule has 1 heterocycles. The van der Waals surface area contributed by atoms with Crippen LogP contribution < -0.4 is 10.1 Å². The number of aromatic nitrogens is 1. The summed E-state index contributed by atoms with van der Waals surface area (Å²) in [5.74, 6) is -0.0982. The van der Waals surface area contributed by atoms with E-state index in [4.69, 9.17) is 21.2 Å². The van der Waals surface area contributed by atoms with Crippen molar-refractivity contribution in [1.82, 2.24) is 9.04 Å². The number of halogens is 1. The summed E-state index contributed by atoms with van der Waals surface area (Å²) < 4.78 is 32.4. The average molecular weight is 450 g/mol. The minimum absolute atomic E-state index is 0.0292. The number of sulfonamides is 1. The van der Waals surface area contributed by atoms with Gasteiger partial charge in [0.05, 0.1) is 35.4 Å². The molecule has 1 aromatic heterocycles. The Balaban J connectivity index is 1.85. The fourth-order valence-corrected chi connectivity index (χ4v) is 3.97. The zero-order valence-electron chi connectivity index (χ0n) is 16.5. The van der Waals surface area contributed by atoms with Crippen molar-refractivity contribution in [3.63, 3.8) is 0 Å². The highest BCUT2D eigenvalue weighted by atomic mass is 35.5. The van der Waals surface area contributed by atoms with Crippen molar-refractivity contribution in [2.24, 2.45) is 0 Å². The number of methoxy groups -OCH3 is 1. The van der Waals surface area contributed by atoms with Crippen LogP contribution in [-0.2, 0) is 14.9 Å². The number of benzene rings is 2. The van der Waals surface area contributed by atoms with E-state index in [2.05, 4.69) is 5.32 Å². The Morgan fingerprint density at radius 3 is 2.30 bits per heavy atom. The molecular weight excluding hydrogens is 430 g/mol. The lowest BCUT2D eigenvalue weighted by Gasteiger charge is -2.15. The predicted octanol–water partition coefficient (Wildman–Crippen LogP) is 3.57. The third-order valence-corrected chi connectivity index (χ3v) is 6.40. The minimum atomic E-state index is -3.77. The van der Waals surface area contributed by atoms with Gasteiger partial charge in [0, 0.05) is 31.2 Å². The maximum Gasteiger partial charge on any atom is 0.264 e. The monoisotopic (exact) mass is 449 g/mol. The van der Waals surface area contributed by atoms with E-state index in [1.54, 1.807) is 6.07 Å². The van der Waals surface area contributed by atoms with Crippen molar-refractivity contribution >= 4 is 33.2 Å². The van der Waals surface area contributed by atoms with E-state index in [0.29, 0.717) is 22.1 Å². The van der Waals surface area contributed by atoms with Gasteiger partial charge in [-0.05, 0) is 42.5 Å². The first kappa shape index (κ1) is 21.8. The second kappa shape index (κ2) is 8.88. The van der Waals surface area contributed by atoms with Gasteiger partial charge in [-0.1, -0.05) is 16.1 Å². The van der Waals surface area contributed by atoms with Gasteiger partial charge >= 0.3 is 0 Å². The van der Waals surface area contributed by atoms with Crippen LogP contribution in [0.3, 0.4) is 0 Å².